The Kier molecular flexibility index (Phi) is 2.87. The van der Waals surface area contributed by atoms with Crippen LogP contribution in [0.2, 0.25) is 0 Å². The van der Waals surface area contributed by atoms with E-state index in [2.05, 4.69) is 31.2 Å². The first-order chi connectivity index (χ1) is 6.79. The Balaban J connectivity index is 2.25. The van der Waals surface area contributed by atoms with Crippen molar-refractivity contribution in [2.24, 2.45) is 0 Å². The molecule has 76 valence electrons. The molecule has 0 saturated heterocycles. The molecule has 2 atom stereocenters. The van der Waals surface area contributed by atoms with E-state index in [4.69, 9.17) is 0 Å². The first kappa shape index (κ1) is 9.72. The maximum absolute atomic E-state index is 9.95. The molecule has 0 aromatic heterocycles. The fraction of sp³-hybridized carbons (Fsp3) is 0.538. The molecule has 1 saturated carbocycles. The van der Waals surface area contributed by atoms with Gasteiger partial charge in [-0.05, 0) is 30.9 Å². The number of benzene rings is 1. The zero-order valence-electron chi connectivity index (χ0n) is 8.74. The fourth-order valence-corrected chi connectivity index (χ4v) is 2.48. The molecule has 0 bridgehead atoms. The fourth-order valence-electron chi connectivity index (χ4n) is 2.48. The summed E-state index contributed by atoms with van der Waals surface area (Å²) in [4.78, 5) is 0. The van der Waals surface area contributed by atoms with Gasteiger partial charge in [-0.1, -0.05) is 37.1 Å². The van der Waals surface area contributed by atoms with Gasteiger partial charge in [-0.15, -0.1) is 0 Å². The van der Waals surface area contributed by atoms with Crippen molar-refractivity contribution in [2.45, 2.75) is 44.6 Å². The van der Waals surface area contributed by atoms with Gasteiger partial charge in [0.2, 0.25) is 0 Å². The highest BCUT2D eigenvalue weighted by Crippen LogP contribution is 2.34. The van der Waals surface area contributed by atoms with Gasteiger partial charge in [-0.25, -0.2) is 0 Å². The van der Waals surface area contributed by atoms with Crippen LogP contribution in [-0.2, 0) is 0 Å². The lowest BCUT2D eigenvalue weighted by molar-refractivity contribution is 0.106. The maximum Gasteiger partial charge on any atom is 0.0608 e. The molecule has 1 nitrogen and oxygen atoms in total. The molecule has 0 heterocycles. The second kappa shape index (κ2) is 4.14. The van der Waals surface area contributed by atoms with E-state index in [0.717, 1.165) is 12.8 Å². The van der Waals surface area contributed by atoms with Crippen molar-refractivity contribution >= 4 is 0 Å². The number of aliphatic hydroxyl groups excluding tert-OH is 1. The van der Waals surface area contributed by atoms with Crippen LogP contribution in [-0.4, -0.2) is 11.2 Å². The van der Waals surface area contributed by atoms with Gasteiger partial charge in [0.15, 0.2) is 0 Å². The van der Waals surface area contributed by atoms with Crippen molar-refractivity contribution in [3.8, 4) is 0 Å². The monoisotopic (exact) mass is 190 g/mol. The summed E-state index contributed by atoms with van der Waals surface area (Å²) in [6.07, 6.45) is 4.44. The van der Waals surface area contributed by atoms with Crippen LogP contribution in [0.4, 0.5) is 0 Å². The van der Waals surface area contributed by atoms with Gasteiger partial charge in [0.05, 0.1) is 6.10 Å². The Morgan fingerprint density at radius 2 is 1.86 bits per heavy atom. The smallest absolute Gasteiger partial charge is 0.0608 e. The standard InChI is InChI=1S/C13H18O/c1-10-6-2-3-7-11(10)12-8-4-5-9-13(12)14/h2-3,6-7,12-14H,4-5,8-9H2,1H3/t12-,13-/m1/s1. The van der Waals surface area contributed by atoms with E-state index in [1.807, 2.05) is 0 Å². The first-order valence-corrected chi connectivity index (χ1v) is 5.52. The van der Waals surface area contributed by atoms with Crippen LogP contribution in [0.25, 0.3) is 0 Å². The Morgan fingerprint density at radius 3 is 2.57 bits per heavy atom. The molecule has 1 aromatic carbocycles. The minimum absolute atomic E-state index is 0.121. The lowest BCUT2D eigenvalue weighted by Crippen LogP contribution is -2.23. The molecule has 1 heteroatoms. The van der Waals surface area contributed by atoms with Crippen molar-refractivity contribution in [1.82, 2.24) is 0 Å². The largest absolute Gasteiger partial charge is 0.392 e. The van der Waals surface area contributed by atoms with E-state index in [1.165, 1.54) is 24.0 Å². The first-order valence-electron chi connectivity index (χ1n) is 5.52. The summed E-state index contributed by atoms with van der Waals surface area (Å²) < 4.78 is 0. The third-order valence-electron chi connectivity index (χ3n) is 3.32. The molecule has 0 spiro atoms. The molecule has 0 aliphatic heterocycles. The minimum Gasteiger partial charge on any atom is -0.392 e. The van der Waals surface area contributed by atoms with E-state index in [9.17, 15) is 5.11 Å². The third-order valence-corrected chi connectivity index (χ3v) is 3.32. The summed E-state index contributed by atoms with van der Waals surface area (Å²) in [5.74, 6) is 0.380. The quantitative estimate of drug-likeness (QED) is 0.721. The van der Waals surface area contributed by atoms with Crippen molar-refractivity contribution in [3.63, 3.8) is 0 Å². The van der Waals surface area contributed by atoms with Gasteiger partial charge in [0.25, 0.3) is 0 Å². The summed E-state index contributed by atoms with van der Waals surface area (Å²) in [6, 6.07) is 8.43. The highest BCUT2D eigenvalue weighted by Gasteiger charge is 2.25. The maximum atomic E-state index is 9.95. The van der Waals surface area contributed by atoms with E-state index in [0.29, 0.717) is 5.92 Å². The van der Waals surface area contributed by atoms with Gasteiger partial charge >= 0.3 is 0 Å². The van der Waals surface area contributed by atoms with Crippen LogP contribution in [0.1, 0.15) is 42.7 Å². The molecule has 1 fully saturated rings. The second-order valence-corrected chi connectivity index (χ2v) is 4.31. The van der Waals surface area contributed by atoms with Crippen molar-refractivity contribution in [2.75, 3.05) is 0 Å². The molecule has 0 radical (unpaired) electrons. The van der Waals surface area contributed by atoms with Crippen molar-refractivity contribution < 1.29 is 5.11 Å². The summed E-state index contributed by atoms with van der Waals surface area (Å²) in [5.41, 5.74) is 2.66. The number of aliphatic hydroxyl groups is 1. The molecular weight excluding hydrogens is 172 g/mol. The molecule has 1 aromatic rings. The summed E-state index contributed by atoms with van der Waals surface area (Å²) >= 11 is 0. The van der Waals surface area contributed by atoms with Crippen molar-refractivity contribution in [3.05, 3.63) is 35.4 Å². The van der Waals surface area contributed by atoms with Crippen LogP contribution in [0, 0.1) is 6.92 Å². The predicted octanol–water partition coefficient (Wildman–Crippen LogP) is 3.01. The minimum atomic E-state index is -0.121. The van der Waals surface area contributed by atoms with Gasteiger partial charge in [-0.3, -0.25) is 0 Å². The second-order valence-electron chi connectivity index (χ2n) is 4.31. The highest BCUT2D eigenvalue weighted by atomic mass is 16.3. The zero-order valence-corrected chi connectivity index (χ0v) is 8.74. The normalized spacial score (nSPS) is 27.6. The molecule has 1 aliphatic rings. The summed E-state index contributed by atoms with van der Waals surface area (Å²) in [7, 11) is 0. The molecule has 2 rings (SSSR count). The van der Waals surface area contributed by atoms with Crippen LogP contribution < -0.4 is 0 Å². The Morgan fingerprint density at radius 1 is 1.14 bits per heavy atom. The van der Waals surface area contributed by atoms with E-state index < -0.39 is 0 Å². The van der Waals surface area contributed by atoms with Gasteiger partial charge in [-0.2, -0.15) is 0 Å². The lowest BCUT2D eigenvalue weighted by atomic mass is 9.80. The number of hydrogen-bond donors (Lipinski definition) is 1. The predicted molar refractivity (Wildman–Crippen MR) is 58.4 cm³/mol. The van der Waals surface area contributed by atoms with E-state index in [1.54, 1.807) is 0 Å². The van der Waals surface area contributed by atoms with Crippen LogP contribution in [0.15, 0.2) is 24.3 Å². The van der Waals surface area contributed by atoms with E-state index >= 15 is 0 Å². The van der Waals surface area contributed by atoms with Crippen LogP contribution in [0.5, 0.6) is 0 Å². The van der Waals surface area contributed by atoms with Crippen LogP contribution in [0.3, 0.4) is 0 Å². The van der Waals surface area contributed by atoms with Crippen molar-refractivity contribution in [1.29, 1.82) is 0 Å². The summed E-state index contributed by atoms with van der Waals surface area (Å²) in [6.45, 7) is 2.14. The SMILES string of the molecule is Cc1ccccc1[C@H]1CCCC[C@H]1O. The molecule has 0 unspecified atom stereocenters. The van der Waals surface area contributed by atoms with Gasteiger partial charge in [0.1, 0.15) is 0 Å². The van der Waals surface area contributed by atoms with E-state index in [-0.39, 0.29) is 6.10 Å². The number of rotatable bonds is 1. The molecular formula is C13H18O. The van der Waals surface area contributed by atoms with Crippen LogP contribution >= 0.6 is 0 Å². The molecule has 1 N–H and O–H groups in total. The van der Waals surface area contributed by atoms with Gasteiger partial charge in [0, 0.05) is 5.92 Å². The number of hydrogen-bond acceptors (Lipinski definition) is 1. The highest BCUT2D eigenvalue weighted by molar-refractivity contribution is 5.30. The molecule has 1 aliphatic carbocycles. The average molecular weight is 190 g/mol. The third kappa shape index (κ3) is 1.83. The number of aryl methyl sites for hydroxylation is 1. The topological polar surface area (TPSA) is 20.2 Å². The Labute approximate surface area is 85.8 Å². The molecule has 0 amide bonds. The van der Waals surface area contributed by atoms with Gasteiger partial charge < -0.3 is 5.11 Å². The summed E-state index contributed by atoms with van der Waals surface area (Å²) in [5, 5.41) is 9.95. The Hall–Kier alpha value is -0.820. The Bertz CT molecular complexity index is 306. The zero-order chi connectivity index (χ0) is 9.97. The lowest BCUT2D eigenvalue weighted by Gasteiger charge is -2.29. The molecule has 14 heavy (non-hydrogen) atoms. The average Bonchev–Trinajstić information content (AvgIpc) is 2.20.